The fourth-order valence-electron chi connectivity index (χ4n) is 3.81. The summed E-state index contributed by atoms with van der Waals surface area (Å²) in [6.45, 7) is 6.89. The SMILES string of the molecule is CC[C@@](C)(CCCNC(=O)c1cc2c(s1)-c1ccccc1OC2)C1OCCO1. The number of ether oxygens (including phenoxy) is 3. The summed E-state index contributed by atoms with van der Waals surface area (Å²) < 4.78 is 17.2. The minimum atomic E-state index is -0.128. The molecule has 0 unspecified atom stereocenters. The van der Waals surface area contributed by atoms with E-state index in [4.69, 9.17) is 14.2 Å². The van der Waals surface area contributed by atoms with Gasteiger partial charge in [-0.25, -0.2) is 0 Å². The first-order chi connectivity index (χ1) is 13.6. The van der Waals surface area contributed by atoms with Crippen molar-refractivity contribution in [2.45, 2.75) is 46.0 Å². The first kappa shape index (κ1) is 19.4. The van der Waals surface area contributed by atoms with Crippen LogP contribution in [0.25, 0.3) is 10.4 Å². The highest BCUT2D eigenvalue weighted by Crippen LogP contribution is 2.42. The molecule has 0 bridgehead atoms. The molecule has 1 atom stereocenters. The van der Waals surface area contributed by atoms with E-state index >= 15 is 0 Å². The molecular formula is C22H27NO4S. The van der Waals surface area contributed by atoms with Crippen LogP contribution in [-0.2, 0) is 16.1 Å². The Labute approximate surface area is 170 Å². The van der Waals surface area contributed by atoms with Crippen LogP contribution in [0.5, 0.6) is 5.75 Å². The van der Waals surface area contributed by atoms with Crippen molar-refractivity contribution in [2.24, 2.45) is 5.41 Å². The molecule has 2 aromatic rings. The second-order valence-electron chi connectivity index (χ2n) is 7.69. The first-order valence-corrected chi connectivity index (χ1v) is 10.8. The molecule has 1 amide bonds. The Balaban J connectivity index is 1.33. The third kappa shape index (κ3) is 3.81. The molecular weight excluding hydrogens is 374 g/mol. The van der Waals surface area contributed by atoms with Crippen molar-refractivity contribution in [1.82, 2.24) is 5.32 Å². The lowest BCUT2D eigenvalue weighted by molar-refractivity contribution is -0.131. The zero-order chi connectivity index (χ0) is 19.6. The monoisotopic (exact) mass is 401 g/mol. The lowest BCUT2D eigenvalue weighted by Gasteiger charge is -2.33. The number of thiophene rings is 1. The maximum absolute atomic E-state index is 12.6. The largest absolute Gasteiger partial charge is 0.488 e. The molecule has 0 aliphatic carbocycles. The topological polar surface area (TPSA) is 56.8 Å². The van der Waals surface area contributed by atoms with Gasteiger partial charge in [-0.15, -0.1) is 11.3 Å². The van der Waals surface area contributed by atoms with Crippen LogP contribution in [-0.4, -0.2) is 32.0 Å². The zero-order valence-electron chi connectivity index (χ0n) is 16.5. The van der Waals surface area contributed by atoms with E-state index in [-0.39, 0.29) is 17.6 Å². The summed E-state index contributed by atoms with van der Waals surface area (Å²) in [6, 6.07) is 9.95. The van der Waals surface area contributed by atoms with Gasteiger partial charge in [0, 0.05) is 28.0 Å². The second kappa shape index (κ2) is 8.23. The molecule has 0 radical (unpaired) electrons. The predicted octanol–water partition coefficient (Wildman–Crippen LogP) is 4.61. The van der Waals surface area contributed by atoms with Crippen LogP contribution in [0.2, 0.25) is 0 Å². The maximum Gasteiger partial charge on any atom is 0.261 e. The van der Waals surface area contributed by atoms with Crippen LogP contribution < -0.4 is 10.1 Å². The van der Waals surface area contributed by atoms with Crippen molar-refractivity contribution in [3.63, 3.8) is 0 Å². The van der Waals surface area contributed by atoms with Gasteiger partial charge in [0.2, 0.25) is 0 Å². The number of hydrogen-bond acceptors (Lipinski definition) is 5. The average Bonchev–Trinajstić information content (AvgIpc) is 3.41. The number of carbonyl (C=O) groups excluding carboxylic acids is 1. The lowest BCUT2D eigenvalue weighted by atomic mass is 9.82. The van der Waals surface area contributed by atoms with Gasteiger partial charge in [0.1, 0.15) is 12.4 Å². The van der Waals surface area contributed by atoms with E-state index in [0.29, 0.717) is 26.4 Å². The number of fused-ring (bicyclic) bond motifs is 3. The quantitative estimate of drug-likeness (QED) is 0.689. The Kier molecular flexibility index (Phi) is 5.71. The Hall–Kier alpha value is -1.89. The van der Waals surface area contributed by atoms with E-state index in [1.54, 1.807) is 11.3 Å². The summed E-state index contributed by atoms with van der Waals surface area (Å²) in [5.74, 6) is 0.877. The van der Waals surface area contributed by atoms with Gasteiger partial charge in [-0.2, -0.15) is 0 Å². The minimum Gasteiger partial charge on any atom is -0.488 e. The summed E-state index contributed by atoms with van der Waals surface area (Å²) in [6.07, 6.45) is 2.72. The minimum absolute atomic E-state index is 0.00962. The molecule has 1 N–H and O–H groups in total. The lowest BCUT2D eigenvalue weighted by Crippen LogP contribution is -2.34. The molecule has 28 heavy (non-hydrogen) atoms. The van der Waals surface area contributed by atoms with Crippen LogP contribution in [0.1, 0.15) is 48.3 Å². The van der Waals surface area contributed by atoms with Crippen LogP contribution in [0, 0.1) is 5.41 Å². The average molecular weight is 402 g/mol. The normalized spacial score (nSPS) is 18.1. The standard InChI is InChI=1S/C22H27NO4S/c1-3-22(2,21-25-11-12-26-21)9-6-10-23-20(24)18-13-15-14-27-17-8-5-4-7-16(17)19(15)28-18/h4-5,7-8,13,21H,3,6,9-12,14H2,1-2H3,(H,23,24)/t22-/m0/s1. The summed E-state index contributed by atoms with van der Waals surface area (Å²) in [5.41, 5.74) is 2.15. The molecule has 3 heterocycles. The van der Waals surface area contributed by atoms with Gasteiger partial charge in [0.25, 0.3) is 5.91 Å². The van der Waals surface area contributed by atoms with Gasteiger partial charge in [0.15, 0.2) is 6.29 Å². The van der Waals surface area contributed by atoms with Crippen molar-refractivity contribution in [3.8, 4) is 16.2 Å². The number of nitrogens with one attached hydrogen (secondary N) is 1. The molecule has 0 spiro atoms. The number of carbonyl (C=O) groups is 1. The summed E-state index contributed by atoms with van der Waals surface area (Å²) >= 11 is 1.54. The molecule has 1 aromatic heterocycles. The van der Waals surface area contributed by atoms with Crippen molar-refractivity contribution in [3.05, 3.63) is 40.8 Å². The Morgan fingerprint density at radius 2 is 2.07 bits per heavy atom. The smallest absolute Gasteiger partial charge is 0.261 e. The molecule has 1 aromatic carbocycles. The molecule has 1 fully saturated rings. The van der Waals surface area contributed by atoms with E-state index in [1.165, 1.54) is 0 Å². The zero-order valence-corrected chi connectivity index (χ0v) is 17.3. The highest BCUT2D eigenvalue weighted by atomic mass is 32.1. The molecule has 0 saturated carbocycles. The Morgan fingerprint density at radius 3 is 2.86 bits per heavy atom. The van der Waals surface area contributed by atoms with Crippen molar-refractivity contribution in [2.75, 3.05) is 19.8 Å². The van der Waals surface area contributed by atoms with E-state index < -0.39 is 0 Å². The summed E-state index contributed by atoms with van der Waals surface area (Å²) in [5, 5.41) is 3.07. The van der Waals surface area contributed by atoms with Gasteiger partial charge in [0.05, 0.1) is 18.1 Å². The molecule has 4 rings (SSSR count). The molecule has 5 nitrogen and oxygen atoms in total. The van der Waals surface area contributed by atoms with Crippen LogP contribution >= 0.6 is 11.3 Å². The van der Waals surface area contributed by atoms with E-state index in [0.717, 1.165) is 45.9 Å². The van der Waals surface area contributed by atoms with Gasteiger partial charge in [-0.3, -0.25) is 4.79 Å². The van der Waals surface area contributed by atoms with Gasteiger partial charge in [-0.05, 0) is 37.5 Å². The molecule has 2 aliphatic heterocycles. The second-order valence-corrected chi connectivity index (χ2v) is 8.74. The Bertz CT molecular complexity index is 843. The fraction of sp³-hybridized carbons (Fsp3) is 0.500. The van der Waals surface area contributed by atoms with Crippen LogP contribution in [0.3, 0.4) is 0 Å². The number of rotatable bonds is 7. The number of para-hydroxylation sites is 1. The van der Waals surface area contributed by atoms with Gasteiger partial charge >= 0.3 is 0 Å². The highest BCUT2D eigenvalue weighted by molar-refractivity contribution is 7.17. The molecule has 6 heteroatoms. The fourth-order valence-corrected chi connectivity index (χ4v) is 4.93. The first-order valence-electron chi connectivity index (χ1n) is 9.97. The summed E-state index contributed by atoms with van der Waals surface area (Å²) in [7, 11) is 0. The van der Waals surface area contributed by atoms with Crippen molar-refractivity contribution < 1.29 is 19.0 Å². The summed E-state index contributed by atoms with van der Waals surface area (Å²) in [4.78, 5) is 14.5. The molecule has 1 saturated heterocycles. The van der Waals surface area contributed by atoms with Crippen molar-refractivity contribution in [1.29, 1.82) is 0 Å². The number of hydrogen-bond donors (Lipinski definition) is 1. The van der Waals surface area contributed by atoms with Crippen molar-refractivity contribution >= 4 is 17.2 Å². The highest BCUT2D eigenvalue weighted by Gasteiger charge is 2.36. The van der Waals surface area contributed by atoms with E-state index in [1.807, 2.05) is 30.3 Å². The van der Waals surface area contributed by atoms with Gasteiger partial charge < -0.3 is 19.5 Å². The Morgan fingerprint density at radius 1 is 1.29 bits per heavy atom. The number of amides is 1. The van der Waals surface area contributed by atoms with Crippen LogP contribution in [0.4, 0.5) is 0 Å². The van der Waals surface area contributed by atoms with Gasteiger partial charge in [-0.1, -0.05) is 26.0 Å². The van der Waals surface area contributed by atoms with Crippen LogP contribution in [0.15, 0.2) is 30.3 Å². The molecule has 150 valence electrons. The van der Waals surface area contributed by atoms with E-state index in [2.05, 4.69) is 19.2 Å². The third-order valence-corrected chi connectivity index (χ3v) is 6.97. The maximum atomic E-state index is 12.6. The predicted molar refractivity (Wildman–Crippen MR) is 110 cm³/mol. The molecule has 2 aliphatic rings. The number of benzene rings is 1. The van der Waals surface area contributed by atoms with E-state index in [9.17, 15) is 4.79 Å². The third-order valence-electron chi connectivity index (χ3n) is 5.76.